The van der Waals surface area contributed by atoms with Gasteiger partial charge in [0.25, 0.3) is 5.91 Å². The van der Waals surface area contributed by atoms with Gasteiger partial charge in [-0.1, -0.05) is 12.5 Å². The maximum Gasteiger partial charge on any atom is 0.252 e. The Morgan fingerprint density at radius 2 is 2.04 bits per heavy atom. The number of hydrogen-bond donors (Lipinski definition) is 4. The molecule has 0 aromatic heterocycles. The number of piperidine rings is 1. The van der Waals surface area contributed by atoms with Crippen LogP contribution in [0.4, 0.5) is 0 Å². The molecule has 28 heavy (non-hydrogen) atoms. The molecule has 1 amide bonds. The van der Waals surface area contributed by atoms with Gasteiger partial charge >= 0.3 is 0 Å². The molecule has 0 spiro atoms. The first-order valence-corrected chi connectivity index (χ1v) is 10.7. The molecule has 1 saturated heterocycles. The van der Waals surface area contributed by atoms with E-state index in [4.69, 9.17) is 11.5 Å². The first kappa shape index (κ1) is 18.4. The van der Waals surface area contributed by atoms with E-state index in [9.17, 15) is 15.0 Å². The van der Waals surface area contributed by atoms with E-state index in [1.807, 2.05) is 6.07 Å². The number of nitrogens with zero attached hydrogens (tertiary/aromatic N) is 1. The van der Waals surface area contributed by atoms with Crippen molar-refractivity contribution in [3.8, 4) is 5.75 Å². The topological polar surface area (TPSA) is 113 Å². The predicted molar refractivity (Wildman–Crippen MR) is 106 cm³/mol. The smallest absolute Gasteiger partial charge is 0.252 e. The highest BCUT2D eigenvalue weighted by Gasteiger charge is 2.65. The fourth-order valence-corrected chi connectivity index (χ4v) is 6.68. The summed E-state index contributed by atoms with van der Waals surface area (Å²) in [6, 6.07) is 3.59. The van der Waals surface area contributed by atoms with Crippen molar-refractivity contribution in [1.29, 1.82) is 0 Å². The van der Waals surface area contributed by atoms with Crippen molar-refractivity contribution < 1.29 is 15.0 Å². The number of hydrogen-bond acceptors (Lipinski definition) is 5. The Balaban J connectivity index is 1.65. The van der Waals surface area contributed by atoms with E-state index < -0.39 is 16.9 Å². The van der Waals surface area contributed by atoms with E-state index in [0.717, 1.165) is 43.0 Å². The zero-order valence-electron chi connectivity index (χ0n) is 16.4. The fourth-order valence-electron chi connectivity index (χ4n) is 6.68. The second kappa shape index (κ2) is 6.18. The largest absolute Gasteiger partial charge is 0.507 e. The summed E-state index contributed by atoms with van der Waals surface area (Å²) in [5.41, 5.74) is 12.3. The van der Waals surface area contributed by atoms with Crippen LogP contribution in [0.3, 0.4) is 0 Å². The lowest BCUT2D eigenvalue weighted by Crippen LogP contribution is -2.74. The van der Waals surface area contributed by atoms with Crippen molar-refractivity contribution in [2.24, 2.45) is 17.4 Å². The number of carbonyl (C=O) groups excluding carboxylic acids is 1. The van der Waals surface area contributed by atoms with Crippen LogP contribution in [-0.4, -0.2) is 51.8 Å². The summed E-state index contributed by atoms with van der Waals surface area (Å²) in [6.45, 7) is 1.95. The molecular weight excluding hydrogens is 354 g/mol. The van der Waals surface area contributed by atoms with Crippen LogP contribution in [-0.2, 0) is 11.8 Å². The van der Waals surface area contributed by atoms with Gasteiger partial charge in [0.2, 0.25) is 0 Å². The van der Waals surface area contributed by atoms with Gasteiger partial charge in [-0.05, 0) is 69.0 Å². The first-order chi connectivity index (χ1) is 13.4. The minimum atomic E-state index is -0.925. The van der Waals surface area contributed by atoms with Crippen LogP contribution in [0.15, 0.2) is 12.1 Å². The second-order valence-electron chi connectivity index (χ2n) is 9.63. The van der Waals surface area contributed by atoms with E-state index in [1.165, 1.54) is 19.3 Å². The van der Waals surface area contributed by atoms with E-state index in [-0.39, 0.29) is 23.4 Å². The zero-order valence-corrected chi connectivity index (χ0v) is 16.4. The number of carbonyl (C=O) groups is 1. The summed E-state index contributed by atoms with van der Waals surface area (Å²) in [5, 5.41) is 23.2. The molecule has 6 N–H and O–H groups in total. The summed E-state index contributed by atoms with van der Waals surface area (Å²) in [5.74, 6) is 0.0716. The number of aliphatic hydroxyl groups is 1. The number of phenols is 1. The number of benzene rings is 1. The zero-order chi connectivity index (χ0) is 19.7. The lowest BCUT2D eigenvalue weighted by molar-refractivity contribution is -0.172. The maximum atomic E-state index is 12.1. The average Bonchev–Trinajstić information content (AvgIpc) is 2.59. The van der Waals surface area contributed by atoms with Crippen molar-refractivity contribution in [3.05, 3.63) is 28.8 Å². The van der Waals surface area contributed by atoms with Crippen molar-refractivity contribution in [3.63, 3.8) is 0 Å². The number of aromatic hydroxyl groups is 1. The summed E-state index contributed by atoms with van der Waals surface area (Å²) < 4.78 is 0. The summed E-state index contributed by atoms with van der Waals surface area (Å²) in [7, 11) is 0. The Morgan fingerprint density at radius 1 is 1.25 bits per heavy atom. The van der Waals surface area contributed by atoms with Crippen molar-refractivity contribution in [1.82, 2.24) is 4.90 Å². The van der Waals surface area contributed by atoms with Crippen LogP contribution >= 0.6 is 0 Å². The van der Waals surface area contributed by atoms with Gasteiger partial charge in [0.05, 0.1) is 11.2 Å². The molecule has 4 unspecified atom stereocenters. The third-order valence-corrected chi connectivity index (χ3v) is 8.29. The molecule has 1 aromatic rings. The molecule has 152 valence electrons. The number of primary amides is 1. The predicted octanol–water partition coefficient (Wildman–Crippen LogP) is 1.40. The van der Waals surface area contributed by atoms with Gasteiger partial charge in [-0.3, -0.25) is 9.69 Å². The van der Waals surface area contributed by atoms with Crippen LogP contribution in [0.2, 0.25) is 0 Å². The molecule has 4 atom stereocenters. The molecule has 1 aliphatic heterocycles. The molecule has 3 aliphatic carbocycles. The summed E-state index contributed by atoms with van der Waals surface area (Å²) in [4.78, 5) is 14.4. The minimum absolute atomic E-state index is 0.0123. The number of rotatable bonds is 3. The van der Waals surface area contributed by atoms with Gasteiger partial charge in [-0.15, -0.1) is 0 Å². The quantitative estimate of drug-likeness (QED) is 0.628. The van der Waals surface area contributed by atoms with Crippen LogP contribution in [0.25, 0.3) is 0 Å². The normalized spacial score (nSPS) is 37.6. The highest BCUT2D eigenvalue weighted by molar-refractivity contribution is 5.96. The average molecular weight is 386 g/mol. The lowest BCUT2D eigenvalue weighted by Gasteiger charge is -2.65. The molecule has 1 aromatic carbocycles. The van der Waals surface area contributed by atoms with Crippen LogP contribution in [0.5, 0.6) is 5.75 Å². The highest BCUT2D eigenvalue weighted by atomic mass is 16.3. The summed E-state index contributed by atoms with van der Waals surface area (Å²) in [6.07, 6.45) is 7.41. The van der Waals surface area contributed by atoms with Gasteiger partial charge in [0, 0.05) is 29.6 Å². The van der Waals surface area contributed by atoms with E-state index >= 15 is 0 Å². The first-order valence-electron chi connectivity index (χ1n) is 10.7. The van der Waals surface area contributed by atoms with E-state index in [2.05, 4.69) is 4.90 Å². The van der Waals surface area contributed by atoms with Crippen molar-refractivity contribution in [2.75, 3.05) is 13.1 Å². The standard InChI is InChI=1S/C22H31N3O3/c23-15-6-7-22(28)17-10-14-4-5-16(20(24)27)19(26)18(14)21(22,11-15)8-9-25(17)12-13-2-1-3-13/h4-5,13,15,17,26,28H,1-3,6-12,23H2,(H2,24,27). The summed E-state index contributed by atoms with van der Waals surface area (Å²) >= 11 is 0. The molecule has 6 nitrogen and oxygen atoms in total. The number of nitrogens with two attached hydrogens (primary N) is 2. The third kappa shape index (κ3) is 2.34. The van der Waals surface area contributed by atoms with Crippen molar-refractivity contribution >= 4 is 5.91 Å². The molecule has 2 saturated carbocycles. The third-order valence-electron chi connectivity index (χ3n) is 8.29. The van der Waals surface area contributed by atoms with Gasteiger partial charge in [0.15, 0.2) is 0 Å². The SMILES string of the molecule is NC(=O)c1ccc2c(c1O)C13CCN(CC4CCC4)C(C2)C1(O)CCC(N)C3. The molecule has 6 heteroatoms. The Hall–Kier alpha value is -1.63. The van der Waals surface area contributed by atoms with Gasteiger partial charge < -0.3 is 21.7 Å². The monoisotopic (exact) mass is 385 g/mol. The molecule has 0 radical (unpaired) electrons. The lowest BCUT2D eigenvalue weighted by atomic mass is 9.48. The van der Waals surface area contributed by atoms with Gasteiger partial charge in [0.1, 0.15) is 5.75 Å². The molecule has 3 fully saturated rings. The van der Waals surface area contributed by atoms with Gasteiger partial charge in [-0.2, -0.15) is 0 Å². The maximum absolute atomic E-state index is 12.1. The number of fused-ring (bicyclic) bond motifs is 1. The van der Waals surface area contributed by atoms with E-state index in [1.54, 1.807) is 6.07 Å². The molecular formula is C22H31N3O3. The Morgan fingerprint density at radius 3 is 2.71 bits per heavy atom. The Bertz CT molecular complexity index is 823. The highest BCUT2D eigenvalue weighted by Crippen LogP contribution is 2.60. The molecule has 1 heterocycles. The minimum Gasteiger partial charge on any atom is -0.507 e. The molecule has 2 bridgehead atoms. The van der Waals surface area contributed by atoms with Crippen LogP contribution < -0.4 is 11.5 Å². The molecule has 4 aliphatic rings. The van der Waals surface area contributed by atoms with E-state index in [0.29, 0.717) is 19.3 Å². The van der Waals surface area contributed by atoms with Crippen LogP contribution in [0.1, 0.15) is 66.4 Å². The molecule has 5 rings (SSSR count). The Kier molecular flexibility index (Phi) is 4.06. The number of amides is 1. The van der Waals surface area contributed by atoms with Crippen LogP contribution in [0, 0.1) is 5.92 Å². The fraction of sp³-hybridized carbons (Fsp3) is 0.682. The second-order valence-corrected chi connectivity index (χ2v) is 9.63. The Labute approximate surface area is 165 Å². The van der Waals surface area contributed by atoms with Gasteiger partial charge in [-0.25, -0.2) is 0 Å². The number of likely N-dealkylation sites (tertiary alicyclic amines) is 1. The van der Waals surface area contributed by atoms with Crippen molar-refractivity contribution in [2.45, 2.75) is 74.5 Å².